The van der Waals surface area contributed by atoms with Gasteiger partial charge in [0.1, 0.15) is 0 Å². The lowest BCUT2D eigenvalue weighted by Crippen LogP contribution is -2.16. The Morgan fingerprint density at radius 3 is 2.35 bits per heavy atom. The van der Waals surface area contributed by atoms with Gasteiger partial charge in [0.15, 0.2) is 0 Å². The minimum Gasteiger partial charge on any atom is -0.325 e. The second-order valence-electron chi connectivity index (χ2n) is 5.33. The van der Waals surface area contributed by atoms with Crippen molar-refractivity contribution in [3.63, 3.8) is 0 Å². The molecule has 0 fully saturated rings. The zero-order valence-electron chi connectivity index (χ0n) is 13.6. The van der Waals surface area contributed by atoms with Crippen LogP contribution in [0.25, 0.3) is 0 Å². The second kappa shape index (κ2) is 8.99. The van der Waals surface area contributed by atoms with Crippen molar-refractivity contribution in [2.24, 2.45) is 0 Å². The van der Waals surface area contributed by atoms with E-state index in [1.54, 1.807) is 11.8 Å². The standard InChI is InChI=1S/C19H22ClNOS/c1-3-15-8-6-9-16(4-2)19(15)21-18(22)13-23-12-14-7-5-10-17(20)11-14/h5-11H,3-4,12-13H2,1-2H3,(H,21,22). The van der Waals surface area contributed by atoms with Crippen LogP contribution < -0.4 is 5.32 Å². The maximum absolute atomic E-state index is 12.2. The number of carbonyl (C=O) groups excluding carboxylic acids is 1. The lowest BCUT2D eigenvalue weighted by molar-refractivity contribution is -0.113. The van der Waals surface area contributed by atoms with Gasteiger partial charge in [-0.15, -0.1) is 11.8 Å². The summed E-state index contributed by atoms with van der Waals surface area (Å²) in [5.74, 6) is 1.27. The van der Waals surface area contributed by atoms with E-state index >= 15 is 0 Å². The Bertz CT molecular complexity index is 650. The van der Waals surface area contributed by atoms with Crippen molar-refractivity contribution in [1.29, 1.82) is 0 Å². The molecule has 0 aliphatic heterocycles. The van der Waals surface area contributed by atoms with E-state index in [0.29, 0.717) is 5.75 Å². The summed E-state index contributed by atoms with van der Waals surface area (Å²) >= 11 is 7.57. The summed E-state index contributed by atoms with van der Waals surface area (Å²) in [7, 11) is 0. The Balaban J connectivity index is 1.92. The molecule has 0 spiro atoms. The minimum absolute atomic E-state index is 0.0487. The lowest BCUT2D eigenvalue weighted by Gasteiger charge is -2.14. The molecule has 0 radical (unpaired) electrons. The first-order valence-corrected chi connectivity index (χ1v) is 9.40. The molecule has 0 bridgehead atoms. The molecule has 0 saturated carbocycles. The average Bonchev–Trinajstić information content (AvgIpc) is 2.55. The van der Waals surface area contributed by atoms with Crippen LogP contribution in [0.3, 0.4) is 0 Å². The zero-order valence-corrected chi connectivity index (χ0v) is 15.1. The molecule has 1 N–H and O–H groups in total. The summed E-state index contributed by atoms with van der Waals surface area (Å²) in [5.41, 5.74) is 4.51. The topological polar surface area (TPSA) is 29.1 Å². The summed E-state index contributed by atoms with van der Waals surface area (Å²) in [6, 6.07) is 14.0. The fraction of sp³-hybridized carbons (Fsp3) is 0.316. The molecule has 2 aromatic rings. The Labute approximate surface area is 147 Å². The van der Waals surface area contributed by atoms with Crippen molar-refractivity contribution in [2.45, 2.75) is 32.4 Å². The van der Waals surface area contributed by atoms with Gasteiger partial charge in [-0.05, 0) is 41.7 Å². The van der Waals surface area contributed by atoms with Crippen molar-refractivity contribution in [2.75, 3.05) is 11.1 Å². The lowest BCUT2D eigenvalue weighted by atomic mass is 10.0. The van der Waals surface area contributed by atoms with E-state index in [2.05, 4.69) is 37.4 Å². The summed E-state index contributed by atoms with van der Waals surface area (Å²) in [5, 5.41) is 3.83. The van der Waals surface area contributed by atoms with Gasteiger partial charge in [-0.25, -0.2) is 0 Å². The number of rotatable bonds is 7. The van der Waals surface area contributed by atoms with E-state index in [4.69, 9.17) is 11.6 Å². The van der Waals surface area contributed by atoms with Crippen LogP contribution in [-0.2, 0) is 23.4 Å². The van der Waals surface area contributed by atoms with E-state index in [0.717, 1.165) is 34.9 Å². The second-order valence-corrected chi connectivity index (χ2v) is 6.75. The molecule has 23 heavy (non-hydrogen) atoms. The summed E-state index contributed by atoms with van der Waals surface area (Å²) < 4.78 is 0. The molecule has 0 saturated heterocycles. The number of aryl methyl sites for hydroxylation is 2. The molecule has 1 amide bonds. The Kier molecular flexibility index (Phi) is 7.00. The molecule has 4 heteroatoms. The number of amides is 1. The van der Waals surface area contributed by atoms with Crippen molar-refractivity contribution < 1.29 is 4.79 Å². The molecule has 2 nitrogen and oxygen atoms in total. The minimum atomic E-state index is 0.0487. The number of nitrogens with one attached hydrogen (secondary N) is 1. The molecular formula is C19H22ClNOS. The first-order valence-electron chi connectivity index (χ1n) is 7.86. The van der Waals surface area contributed by atoms with Crippen molar-refractivity contribution in [3.8, 4) is 0 Å². The number of para-hydroxylation sites is 1. The molecule has 0 unspecified atom stereocenters. The van der Waals surface area contributed by atoms with Crippen molar-refractivity contribution in [1.82, 2.24) is 0 Å². The number of benzene rings is 2. The first kappa shape index (κ1) is 17.9. The smallest absolute Gasteiger partial charge is 0.234 e. The number of halogens is 1. The van der Waals surface area contributed by atoms with Gasteiger partial charge in [0, 0.05) is 16.5 Å². The van der Waals surface area contributed by atoms with E-state index in [1.165, 1.54) is 11.1 Å². The molecule has 2 rings (SSSR count). The average molecular weight is 348 g/mol. The largest absolute Gasteiger partial charge is 0.325 e. The molecule has 122 valence electrons. The highest BCUT2D eigenvalue weighted by molar-refractivity contribution is 7.99. The maximum atomic E-state index is 12.2. The third-order valence-electron chi connectivity index (χ3n) is 3.65. The van der Waals surface area contributed by atoms with Gasteiger partial charge in [-0.2, -0.15) is 0 Å². The Morgan fingerprint density at radius 1 is 1.09 bits per heavy atom. The summed E-state index contributed by atoms with van der Waals surface area (Å²) in [6.45, 7) is 4.22. The fourth-order valence-electron chi connectivity index (χ4n) is 2.47. The normalized spacial score (nSPS) is 10.6. The van der Waals surface area contributed by atoms with Gasteiger partial charge >= 0.3 is 0 Å². The van der Waals surface area contributed by atoms with Crippen LogP contribution in [0.4, 0.5) is 5.69 Å². The van der Waals surface area contributed by atoms with Crippen LogP contribution >= 0.6 is 23.4 Å². The van der Waals surface area contributed by atoms with Gasteiger partial charge in [0.05, 0.1) is 5.75 Å². The van der Waals surface area contributed by atoms with E-state index in [-0.39, 0.29) is 5.91 Å². The van der Waals surface area contributed by atoms with Crippen LogP contribution in [0.1, 0.15) is 30.5 Å². The quantitative estimate of drug-likeness (QED) is 0.732. The first-order chi connectivity index (χ1) is 11.1. The third-order valence-corrected chi connectivity index (χ3v) is 4.89. The molecule has 0 aromatic heterocycles. The number of carbonyl (C=O) groups is 1. The Hall–Kier alpha value is -1.45. The van der Waals surface area contributed by atoms with Gasteiger partial charge < -0.3 is 5.32 Å². The van der Waals surface area contributed by atoms with Crippen LogP contribution in [-0.4, -0.2) is 11.7 Å². The van der Waals surface area contributed by atoms with Crippen LogP contribution in [0.15, 0.2) is 42.5 Å². The summed E-state index contributed by atoms with van der Waals surface area (Å²) in [4.78, 5) is 12.2. The zero-order chi connectivity index (χ0) is 16.7. The van der Waals surface area contributed by atoms with Crippen LogP contribution in [0.2, 0.25) is 5.02 Å². The molecule has 0 heterocycles. The molecule has 0 aliphatic carbocycles. The maximum Gasteiger partial charge on any atom is 0.234 e. The number of thioether (sulfide) groups is 1. The predicted octanol–water partition coefficient (Wildman–Crippen LogP) is 5.34. The fourth-order valence-corrected chi connectivity index (χ4v) is 3.45. The van der Waals surface area contributed by atoms with E-state index < -0.39 is 0 Å². The highest BCUT2D eigenvalue weighted by Crippen LogP contribution is 2.23. The van der Waals surface area contributed by atoms with Crippen LogP contribution in [0, 0.1) is 0 Å². The third kappa shape index (κ3) is 5.29. The van der Waals surface area contributed by atoms with E-state index in [1.807, 2.05) is 24.3 Å². The number of hydrogen-bond donors (Lipinski definition) is 1. The van der Waals surface area contributed by atoms with Gasteiger partial charge in [0.2, 0.25) is 5.91 Å². The molecular weight excluding hydrogens is 326 g/mol. The highest BCUT2D eigenvalue weighted by Gasteiger charge is 2.10. The molecule has 2 aromatic carbocycles. The number of hydrogen-bond acceptors (Lipinski definition) is 2. The number of anilines is 1. The van der Waals surface area contributed by atoms with Gasteiger partial charge in [0.25, 0.3) is 0 Å². The van der Waals surface area contributed by atoms with Crippen molar-refractivity contribution >= 4 is 35.0 Å². The SMILES string of the molecule is CCc1cccc(CC)c1NC(=O)CSCc1cccc(Cl)c1. The Morgan fingerprint density at radius 2 is 1.74 bits per heavy atom. The van der Waals surface area contributed by atoms with Gasteiger partial charge in [-0.1, -0.05) is 55.8 Å². The monoisotopic (exact) mass is 347 g/mol. The van der Waals surface area contributed by atoms with Crippen molar-refractivity contribution in [3.05, 3.63) is 64.2 Å². The molecule has 0 aliphatic rings. The predicted molar refractivity (Wildman–Crippen MR) is 101 cm³/mol. The highest BCUT2D eigenvalue weighted by atomic mass is 35.5. The van der Waals surface area contributed by atoms with Crippen LogP contribution in [0.5, 0.6) is 0 Å². The summed E-state index contributed by atoms with van der Waals surface area (Å²) in [6.07, 6.45) is 1.83. The van der Waals surface area contributed by atoms with E-state index in [9.17, 15) is 4.79 Å². The van der Waals surface area contributed by atoms with Gasteiger partial charge in [-0.3, -0.25) is 4.79 Å². The molecule has 0 atom stereocenters.